The molecule has 4 rings (SSSR count). The molecule has 0 N–H and O–H groups in total. The van der Waals surface area contributed by atoms with Crippen LogP contribution < -0.4 is 0 Å². The van der Waals surface area contributed by atoms with Crippen molar-refractivity contribution in [3.8, 4) is 0 Å². The van der Waals surface area contributed by atoms with Crippen LogP contribution in [0.3, 0.4) is 0 Å². The van der Waals surface area contributed by atoms with Crippen molar-refractivity contribution >= 4 is 28.8 Å². The average Bonchev–Trinajstić information content (AvgIpc) is 3.29. The smallest absolute Gasteiger partial charge is 0.265 e. The lowest BCUT2D eigenvalue weighted by Gasteiger charge is -2.21. The maximum Gasteiger partial charge on any atom is 0.265 e. The van der Waals surface area contributed by atoms with Crippen LogP contribution in [0.4, 0.5) is 0 Å². The number of carbonyl (C=O) groups is 1. The highest BCUT2D eigenvalue weighted by Gasteiger charge is 2.37. The van der Waals surface area contributed by atoms with E-state index in [1.165, 1.54) is 30.1 Å². The van der Waals surface area contributed by atoms with Gasteiger partial charge in [-0.1, -0.05) is 0 Å². The highest BCUT2D eigenvalue weighted by molar-refractivity contribution is 7.09. The molecule has 0 radical (unpaired) electrons. The molecule has 0 bridgehead atoms. The second-order valence-electron chi connectivity index (χ2n) is 6.82. The fourth-order valence-corrected chi connectivity index (χ4v) is 5.09. The molecule has 0 aromatic carbocycles. The molecule has 128 valence electrons. The highest BCUT2D eigenvalue weighted by Crippen LogP contribution is 2.33. The summed E-state index contributed by atoms with van der Waals surface area (Å²) in [6.07, 6.45) is 4.07. The Morgan fingerprint density at radius 1 is 1.29 bits per heavy atom. The second kappa shape index (κ2) is 6.90. The van der Waals surface area contributed by atoms with Gasteiger partial charge in [-0.05, 0) is 62.3 Å². The van der Waals surface area contributed by atoms with Gasteiger partial charge in [0.2, 0.25) is 0 Å². The Labute approximate surface area is 150 Å². The fourth-order valence-electron chi connectivity index (χ4n) is 3.92. The quantitative estimate of drug-likeness (QED) is 0.842. The molecule has 2 fully saturated rings. The number of hydrogen-bond acceptors (Lipinski definition) is 6. The van der Waals surface area contributed by atoms with Crippen LogP contribution in [0, 0.1) is 18.8 Å². The summed E-state index contributed by atoms with van der Waals surface area (Å²) in [5.41, 5.74) is 1.20. The molecule has 7 heteroatoms. The van der Waals surface area contributed by atoms with Gasteiger partial charge in [-0.2, -0.15) is 0 Å². The van der Waals surface area contributed by atoms with Gasteiger partial charge in [0.05, 0.1) is 10.7 Å². The summed E-state index contributed by atoms with van der Waals surface area (Å²) in [6, 6.07) is 1.83. The number of fused-ring (bicyclic) bond motifs is 1. The van der Waals surface area contributed by atoms with Crippen molar-refractivity contribution in [2.45, 2.75) is 26.3 Å². The molecule has 5 nitrogen and oxygen atoms in total. The van der Waals surface area contributed by atoms with E-state index in [9.17, 15) is 4.79 Å². The first-order valence-corrected chi connectivity index (χ1v) is 10.2. The molecule has 0 aliphatic carbocycles. The van der Waals surface area contributed by atoms with Gasteiger partial charge in [0.25, 0.3) is 5.91 Å². The average molecular weight is 363 g/mol. The van der Waals surface area contributed by atoms with E-state index in [0.717, 1.165) is 42.6 Å². The van der Waals surface area contributed by atoms with Crippen LogP contribution in [-0.2, 0) is 6.54 Å². The van der Waals surface area contributed by atoms with Crippen LogP contribution in [0.1, 0.15) is 33.2 Å². The van der Waals surface area contributed by atoms with Crippen molar-refractivity contribution in [1.29, 1.82) is 0 Å². The summed E-state index contributed by atoms with van der Waals surface area (Å²) < 4.78 is 4.05. The minimum absolute atomic E-state index is 0.167. The van der Waals surface area contributed by atoms with Gasteiger partial charge in [0.1, 0.15) is 4.88 Å². The summed E-state index contributed by atoms with van der Waals surface area (Å²) in [5, 5.41) is 3.32. The number of likely N-dealkylation sites (tertiary alicyclic amines) is 2. The third kappa shape index (κ3) is 3.38. The van der Waals surface area contributed by atoms with E-state index in [1.54, 1.807) is 17.5 Å². The molecule has 2 aliphatic heterocycles. The molecule has 4 heterocycles. The Balaban J connectivity index is 1.34. The Hall–Kier alpha value is -1.31. The van der Waals surface area contributed by atoms with Crippen molar-refractivity contribution < 1.29 is 4.79 Å². The molecule has 2 atom stereocenters. The van der Waals surface area contributed by atoms with E-state index in [1.807, 2.05) is 11.0 Å². The zero-order valence-corrected chi connectivity index (χ0v) is 15.5. The molecular weight excluding hydrogens is 340 g/mol. The van der Waals surface area contributed by atoms with Gasteiger partial charge in [-0.15, -0.1) is 11.3 Å². The minimum Gasteiger partial charge on any atom is -0.337 e. The predicted octanol–water partition coefficient (Wildman–Crippen LogP) is 2.89. The number of amides is 1. The van der Waals surface area contributed by atoms with Crippen LogP contribution in [0.5, 0.6) is 0 Å². The molecule has 0 unspecified atom stereocenters. The maximum atomic E-state index is 12.5. The summed E-state index contributed by atoms with van der Waals surface area (Å²) in [6.45, 7) is 7.07. The monoisotopic (exact) mass is 362 g/mol. The van der Waals surface area contributed by atoms with Crippen molar-refractivity contribution in [3.63, 3.8) is 0 Å². The topological polar surface area (TPSA) is 49.3 Å². The molecule has 0 spiro atoms. The van der Waals surface area contributed by atoms with E-state index in [4.69, 9.17) is 0 Å². The molecule has 2 aliphatic rings. The summed E-state index contributed by atoms with van der Waals surface area (Å²) in [5.74, 6) is 1.45. The van der Waals surface area contributed by atoms with E-state index >= 15 is 0 Å². The lowest BCUT2D eigenvalue weighted by atomic mass is 9.92. The number of aryl methyl sites for hydroxylation is 1. The third-order valence-corrected chi connectivity index (χ3v) is 6.75. The Morgan fingerprint density at radius 2 is 2.04 bits per heavy atom. The largest absolute Gasteiger partial charge is 0.337 e. The van der Waals surface area contributed by atoms with Gasteiger partial charge >= 0.3 is 0 Å². The first kappa shape index (κ1) is 16.2. The second-order valence-corrected chi connectivity index (χ2v) is 8.71. The van der Waals surface area contributed by atoms with Gasteiger partial charge in [0.15, 0.2) is 0 Å². The normalized spacial score (nSPS) is 24.8. The van der Waals surface area contributed by atoms with Crippen LogP contribution in [0.15, 0.2) is 17.6 Å². The minimum atomic E-state index is 0.167. The van der Waals surface area contributed by atoms with Gasteiger partial charge in [-0.25, -0.2) is 9.36 Å². The predicted molar refractivity (Wildman–Crippen MR) is 96.4 cm³/mol. The molecule has 2 aromatic heterocycles. The van der Waals surface area contributed by atoms with Crippen LogP contribution in [0.25, 0.3) is 0 Å². The van der Waals surface area contributed by atoms with E-state index < -0.39 is 0 Å². The summed E-state index contributed by atoms with van der Waals surface area (Å²) in [4.78, 5) is 22.5. The lowest BCUT2D eigenvalue weighted by Crippen LogP contribution is -2.30. The zero-order valence-electron chi connectivity index (χ0n) is 13.9. The molecule has 0 saturated carbocycles. The number of carbonyl (C=O) groups excluding carboxylic acids is 1. The lowest BCUT2D eigenvalue weighted by molar-refractivity contribution is 0.0785. The Morgan fingerprint density at radius 3 is 2.62 bits per heavy atom. The Kier molecular flexibility index (Phi) is 4.65. The van der Waals surface area contributed by atoms with E-state index in [-0.39, 0.29) is 5.91 Å². The van der Waals surface area contributed by atoms with Gasteiger partial charge in [-0.3, -0.25) is 9.69 Å². The molecule has 2 saturated heterocycles. The van der Waals surface area contributed by atoms with E-state index in [2.05, 4.69) is 26.6 Å². The van der Waals surface area contributed by atoms with Crippen LogP contribution in [0.2, 0.25) is 0 Å². The number of rotatable bonds is 3. The van der Waals surface area contributed by atoms with Crippen molar-refractivity contribution in [1.82, 2.24) is 19.2 Å². The number of aromatic nitrogens is 2. The molecule has 24 heavy (non-hydrogen) atoms. The third-order valence-electron chi connectivity index (χ3n) is 5.20. The van der Waals surface area contributed by atoms with Gasteiger partial charge < -0.3 is 4.90 Å². The molecule has 2 aromatic rings. The number of nitrogens with zero attached hydrogens (tertiary/aromatic N) is 4. The summed E-state index contributed by atoms with van der Waals surface area (Å²) in [7, 11) is 0. The zero-order chi connectivity index (χ0) is 16.5. The molecule has 1 amide bonds. The first-order valence-electron chi connectivity index (χ1n) is 8.52. The highest BCUT2D eigenvalue weighted by atomic mass is 32.1. The molecular formula is C17H22N4OS2. The first-order chi connectivity index (χ1) is 11.7. The van der Waals surface area contributed by atoms with Crippen molar-refractivity contribution in [3.05, 3.63) is 33.2 Å². The van der Waals surface area contributed by atoms with Gasteiger partial charge in [0, 0.05) is 31.2 Å². The van der Waals surface area contributed by atoms with Crippen molar-refractivity contribution in [2.75, 3.05) is 26.2 Å². The van der Waals surface area contributed by atoms with Crippen LogP contribution in [-0.4, -0.2) is 51.2 Å². The fraction of sp³-hybridized carbons (Fsp3) is 0.588. The SMILES string of the molecule is Cc1nc(CN2CC[C@@H]3CN(C(=O)c4ccns4)C[C@@H]3CC2)cs1. The van der Waals surface area contributed by atoms with Crippen LogP contribution >= 0.6 is 22.9 Å². The van der Waals surface area contributed by atoms with E-state index in [0.29, 0.717) is 11.8 Å². The standard InChI is InChI=1S/C17H22N4OS2/c1-12-19-15(11-23-12)10-20-6-3-13-8-21(9-14(13)4-7-20)17(22)16-2-5-18-24-16/h2,5,11,13-14H,3-4,6-10H2,1H3/t13-,14+. The van der Waals surface area contributed by atoms with Crippen molar-refractivity contribution in [2.24, 2.45) is 11.8 Å². The number of thiazole rings is 1. The summed E-state index contributed by atoms with van der Waals surface area (Å²) >= 11 is 3.03. The number of hydrogen-bond donors (Lipinski definition) is 0. The maximum absolute atomic E-state index is 12.5. The Bertz CT molecular complexity index is 683.